The number of carboxylic acid groups (broad SMARTS) is 1. The van der Waals surface area contributed by atoms with Gasteiger partial charge in [-0.2, -0.15) is 0 Å². The number of nitrogens with zero attached hydrogens (tertiary/aromatic N) is 2. The second-order valence-electron chi connectivity index (χ2n) is 4.48. The Balaban J connectivity index is 2.57. The molecule has 102 valence electrons. The van der Waals surface area contributed by atoms with Gasteiger partial charge >= 0.3 is 5.97 Å². The van der Waals surface area contributed by atoms with Crippen molar-refractivity contribution >= 4 is 5.97 Å². The maximum absolute atomic E-state index is 11.3. The fourth-order valence-electron chi connectivity index (χ4n) is 2.25. The Bertz CT molecular complexity index is 383. The number of nitrogens with one attached hydrogen (secondary N) is 1. The van der Waals surface area contributed by atoms with E-state index in [0.29, 0.717) is 12.8 Å². The van der Waals surface area contributed by atoms with Crippen LogP contribution in [0.4, 0.5) is 0 Å². The second kappa shape index (κ2) is 6.54. The molecule has 5 heteroatoms. The highest BCUT2D eigenvalue weighted by Gasteiger charge is 2.34. The number of hydrogen-bond acceptors (Lipinski definition) is 3. The number of carbonyl (C=O) groups is 1. The molecule has 2 N–H and O–H groups in total. The highest BCUT2D eigenvalue weighted by atomic mass is 16.4. The van der Waals surface area contributed by atoms with E-state index >= 15 is 0 Å². The number of aliphatic carboxylic acids is 1. The molecule has 0 bridgehead atoms. The molecule has 1 atom stereocenters. The zero-order valence-electron chi connectivity index (χ0n) is 11.4. The van der Waals surface area contributed by atoms with E-state index in [1.165, 1.54) is 0 Å². The number of hydrogen-bond donors (Lipinski definition) is 2. The van der Waals surface area contributed by atoms with Crippen LogP contribution in [-0.4, -0.2) is 33.2 Å². The predicted molar refractivity (Wildman–Crippen MR) is 70.6 cm³/mol. The summed E-state index contributed by atoms with van der Waals surface area (Å²) in [4.78, 5) is 15.6. The molecular weight excluding hydrogens is 230 g/mol. The largest absolute Gasteiger partial charge is 0.480 e. The molecule has 0 saturated carbocycles. The van der Waals surface area contributed by atoms with Crippen molar-refractivity contribution in [1.29, 1.82) is 0 Å². The molecule has 0 radical (unpaired) electrons. The summed E-state index contributed by atoms with van der Waals surface area (Å²) in [5, 5.41) is 12.2. The minimum absolute atomic E-state index is 0.587. The van der Waals surface area contributed by atoms with Gasteiger partial charge in [0.25, 0.3) is 0 Å². The minimum Gasteiger partial charge on any atom is -0.480 e. The van der Waals surface area contributed by atoms with Gasteiger partial charge in [-0.15, -0.1) is 0 Å². The molecule has 0 spiro atoms. The molecule has 0 saturated heterocycles. The zero-order valence-corrected chi connectivity index (χ0v) is 11.4. The Morgan fingerprint density at radius 1 is 1.56 bits per heavy atom. The van der Waals surface area contributed by atoms with Crippen molar-refractivity contribution in [3.63, 3.8) is 0 Å². The first-order chi connectivity index (χ1) is 8.59. The lowest BCUT2D eigenvalue weighted by atomic mass is 9.90. The van der Waals surface area contributed by atoms with Crippen molar-refractivity contribution in [2.45, 2.75) is 51.6 Å². The van der Waals surface area contributed by atoms with Gasteiger partial charge in [0.1, 0.15) is 11.4 Å². The van der Waals surface area contributed by atoms with E-state index in [4.69, 9.17) is 0 Å². The van der Waals surface area contributed by atoms with Gasteiger partial charge in [-0.3, -0.25) is 4.79 Å². The van der Waals surface area contributed by atoms with Crippen LogP contribution in [0.15, 0.2) is 12.4 Å². The van der Waals surface area contributed by atoms with E-state index in [1.807, 2.05) is 13.1 Å². The summed E-state index contributed by atoms with van der Waals surface area (Å²) in [5.41, 5.74) is -0.799. The third kappa shape index (κ3) is 3.10. The van der Waals surface area contributed by atoms with Crippen LogP contribution >= 0.6 is 0 Å². The van der Waals surface area contributed by atoms with Crippen molar-refractivity contribution in [2.24, 2.45) is 0 Å². The summed E-state index contributed by atoms with van der Waals surface area (Å²) >= 11 is 0. The molecule has 1 rings (SSSR count). The molecule has 18 heavy (non-hydrogen) atoms. The topological polar surface area (TPSA) is 67.2 Å². The lowest BCUT2D eigenvalue weighted by Crippen LogP contribution is -2.49. The van der Waals surface area contributed by atoms with E-state index in [9.17, 15) is 9.90 Å². The Kier molecular flexibility index (Phi) is 5.34. The van der Waals surface area contributed by atoms with Gasteiger partial charge in [-0.1, -0.05) is 13.8 Å². The van der Waals surface area contributed by atoms with E-state index in [1.54, 1.807) is 13.2 Å². The van der Waals surface area contributed by atoms with Crippen LogP contribution in [0.1, 0.15) is 38.9 Å². The Labute approximate surface area is 108 Å². The summed E-state index contributed by atoms with van der Waals surface area (Å²) in [6.45, 7) is 4.79. The van der Waals surface area contributed by atoms with Crippen molar-refractivity contribution in [3.8, 4) is 0 Å². The van der Waals surface area contributed by atoms with Crippen LogP contribution in [0.3, 0.4) is 0 Å². The van der Waals surface area contributed by atoms with Gasteiger partial charge in [-0.05, 0) is 26.3 Å². The van der Waals surface area contributed by atoms with Crippen molar-refractivity contribution in [3.05, 3.63) is 18.2 Å². The summed E-state index contributed by atoms with van der Waals surface area (Å²) in [5.74, 6) is 0.283. The third-order valence-electron chi connectivity index (χ3n) is 3.61. The number of carboxylic acids is 1. The van der Waals surface area contributed by atoms with Crippen molar-refractivity contribution in [1.82, 2.24) is 14.9 Å². The van der Waals surface area contributed by atoms with Crippen LogP contribution < -0.4 is 5.32 Å². The molecule has 0 aliphatic rings. The minimum atomic E-state index is -0.799. The molecule has 0 amide bonds. The number of rotatable bonds is 8. The normalized spacial score (nSPS) is 14.4. The summed E-state index contributed by atoms with van der Waals surface area (Å²) in [6, 6.07) is 0. The molecule has 0 aliphatic heterocycles. The quantitative estimate of drug-likeness (QED) is 0.739. The highest BCUT2D eigenvalue weighted by molar-refractivity contribution is 5.78. The first-order valence-corrected chi connectivity index (χ1v) is 6.52. The van der Waals surface area contributed by atoms with E-state index in [0.717, 1.165) is 25.2 Å². The van der Waals surface area contributed by atoms with E-state index in [-0.39, 0.29) is 0 Å². The van der Waals surface area contributed by atoms with Gasteiger partial charge in [0.05, 0.1) is 0 Å². The SMILES string of the molecule is CCc1nccn1CCCC(CC)(NC)C(=O)O. The van der Waals surface area contributed by atoms with Gasteiger partial charge in [0, 0.05) is 25.4 Å². The van der Waals surface area contributed by atoms with Crippen LogP contribution in [0, 0.1) is 0 Å². The molecule has 0 aromatic carbocycles. The number of aryl methyl sites for hydroxylation is 2. The average molecular weight is 253 g/mol. The summed E-state index contributed by atoms with van der Waals surface area (Å²) in [6.07, 6.45) is 6.68. The van der Waals surface area contributed by atoms with Gasteiger partial charge in [-0.25, -0.2) is 4.98 Å². The Morgan fingerprint density at radius 3 is 2.78 bits per heavy atom. The molecule has 0 fully saturated rings. The van der Waals surface area contributed by atoms with E-state index in [2.05, 4.69) is 21.8 Å². The maximum Gasteiger partial charge on any atom is 0.323 e. The third-order valence-corrected chi connectivity index (χ3v) is 3.61. The van der Waals surface area contributed by atoms with Gasteiger partial charge in [0.2, 0.25) is 0 Å². The smallest absolute Gasteiger partial charge is 0.323 e. The van der Waals surface area contributed by atoms with Gasteiger partial charge in [0.15, 0.2) is 0 Å². The lowest BCUT2D eigenvalue weighted by Gasteiger charge is -2.27. The number of imidazole rings is 1. The average Bonchev–Trinajstić information content (AvgIpc) is 2.82. The molecule has 1 heterocycles. The predicted octanol–water partition coefficient (Wildman–Crippen LogP) is 1.68. The first kappa shape index (κ1) is 14.7. The fourth-order valence-corrected chi connectivity index (χ4v) is 2.25. The first-order valence-electron chi connectivity index (χ1n) is 6.52. The van der Waals surface area contributed by atoms with Crippen LogP contribution in [0.25, 0.3) is 0 Å². The van der Waals surface area contributed by atoms with Crippen LogP contribution in [-0.2, 0) is 17.8 Å². The van der Waals surface area contributed by atoms with E-state index < -0.39 is 11.5 Å². The second-order valence-corrected chi connectivity index (χ2v) is 4.48. The molecular formula is C13H23N3O2. The molecule has 1 aromatic rings. The van der Waals surface area contributed by atoms with Crippen molar-refractivity contribution < 1.29 is 9.90 Å². The summed E-state index contributed by atoms with van der Waals surface area (Å²) in [7, 11) is 1.71. The Hall–Kier alpha value is -1.36. The molecule has 5 nitrogen and oxygen atoms in total. The zero-order chi connectivity index (χ0) is 13.6. The molecule has 1 unspecified atom stereocenters. The van der Waals surface area contributed by atoms with Gasteiger partial charge < -0.3 is 15.0 Å². The van der Waals surface area contributed by atoms with Crippen LogP contribution in [0.2, 0.25) is 0 Å². The number of likely N-dealkylation sites (N-methyl/N-ethyl adjacent to an activating group) is 1. The van der Waals surface area contributed by atoms with Crippen LogP contribution in [0.5, 0.6) is 0 Å². The monoisotopic (exact) mass is 253 g/mol. The fraction of sp³-hybridized carbons (Fsp3) is 0.692. The number of aromatic nitrogens is 2. The Morgan fingerprint density at radius 2 is 2.28 bits per heavy atom. The molecule has 0 aliphatic carbocycles. The maximum atomic E-state index is 11.3. The molecule has 1 aromatic heterocycles. The standard InChI is InChI=1S/C13H23N3O2/c1-4-11-15-8-10-16(11)9-6-7-13(5-2,14-3)12(17)18/h8,10,14H,4-7,9H2,1-3H3,(H,17,18). The highest BCUT2D eigenvalue weighted by Crippen LogP contribution is 2.18. The van der Waals surface area contributed by atoms with Crippen molar-refractivity contribution in [2.75, 3.05) is 7.05 Å². The summed E-state index contributed by atoms with van der Waals surface area (Å²) < 4.78 is 2.10. The lowest BCUT2D eigenvalue weighted by molar-refractivity contribution is -0.145.